The summed E-state index contributed by atoms with van der Waals surface area (Å²) in [6, 6.07) is 3.42. The molecular formula is C17H14O4. The van der Waals surface area contributed by atoms with Crippen LogP contribution in [0.2, 0.25) is 0 Å². The highest BCUT2D eigenvalue weighted by Gasteiger charge is 2.16. The van der Waals surface area contributed by atoms with E-state index in [-0.39, 0.29) is 5.63 Å². The predicted octanol–water partition coefficient (Wildman–Crippen LogP) is 3.68. The van der Waals surface area contributed by atoms with Gasteiger partial charge in [0.2, 0.25) is 0 Å². The molecule has 0 aliphatic rings. The second-order valence-corrected chi connectivity index (χ2v) is 5.07. The molecule has 0 amide bonds. The van der Waals surface area contributed by atoms with Gasteiger partial charge in [-0.15, -0.1) is 0 Å². The fourth-order valence-electron chi connectivity index (χ4n) is 2.66. The van der Waals surface area contributed by atoms with E-state index in [0.717, 1.165) is 39.5 Å². The average Bonchev–Trinajstić information content (AvgIpc) is 2.75. The molecule has 0 N–H and O–H groups in total. The van der Waals surface area contributed by atoms with Crippen molar-refractivity contribution in [2.75, 3.05) is 0 Å². The number of benzene rings is 1. The van der Waals surface area contributed by atoms with Crippen molar-refractivity contribution in [2.24, 2.45) is 0 Å². The minimum Gasteiger partial charge on any atom is -0.460 e. The normalized spacial score (nSPS) is 11.8. The zero-order valence-electron chi connectivity index (χ0n) is 12.0. The maximum absolute atomic E-state index is 11.6. The van der Waals surface area contributed by atoms with Crippen LogP contribution in [-0.2, 0) is 4.79 Å². The molecule has 0 aliphatic carbocycles. The fraction of sp³-hybridized carbons (Fsp3) is 0.176. The van der Waals surface area contributed by atoms with Gasteiger partial charge in [-0.2, -0.15) is 0 Å². The van der Waals surface area contributed by atoms with Gasteiger partial charge < -0.3 is 8.83 Å². The molecular weight excluding hydrogens is 268 g/mol. The number of aryl methyl sites for hydroxylation is 3. The third-order valence-electron chi connectivity index (χ3n) is 3.69. The first-order valence-corrected chi connectivity index (χ1v) is 6.62. The molecule has 0 bridgehead atoms. The lowest BCUT2D eigenvalue weighted by molar-refractivity contribution is -0.104. The number of allylic oxidation sites excluding steroid dienone is 1. The Balaban J connectivity index is 2.51. The predicted molar refractivity (Wildman–Crippen MR) is 81.6 cm³/mol. The first-order chi connectivity index (χ1) is 10.0. The van der Waals surface area contributed by atoms with E-state index >= 15 is 0 Å². The highest BCUT2D eigenvalue weighted by atomic mass is 16.4. The van der Waals surface area contributed by atoms with E-state index in [1.807, 2.05) is 26.8 Å². The summed E-state index contributed by atoms with van der Waals surface area (Å²) in [5, 5.41) is 1.79. The number of fused-ring (bicyclic) bond motifs is 2. The van der Waals surface area contributed by atoms with Crippen molar-refractivity contribution in [1.82, 2.24) is 0 Å². The van der Waals surface area contributed by atoms with Crippen molar-refractivity contribution in [3.8, 4) is 0 Å². The molecule has 0 aliphatic heterocycles. The van der Waals surface area contributed by atoms with E-state index in [9.17, 15) is 9.59 Å². The van der Waals surface area contributed by atoms with Gasteiger partial charge in [0.25, 0.3) is 0 Å². The molecule has 0 unspecified atom stereocenters. The van der Waals surface area contributed by atoms with E-state index in [4.69, 9.17) is 8.83 Å². The zero-order chi connectivity index (χ0) is 15.1. The molecule has 4 nitrogen and oxygen atoms in total. The Morgan fingerprint density at radius 1 is 1.00 bits per heavy atom. The van der Waals surface area contributed by atoms with Crippen LogP contribution in [0.1, 0.15) is 22.5 Å². The van der Waals surface area contributed by atoms with E-state index in [2.05, 4.69) is 0 Å². The van der Waals surface area contributed by atoms with Crippen LogP contribution in [0.5, 0.6) is 0 Å². The summed E-state index contributed by atoms with van der Waals surface area (Å²) in [4.78, 5) is 22.1. The van der Waals surface area contributed by atoms with Gasteiger partial charge in [0.15, 0.2) is 0 Å². The molecule has 0 saturated carbocycles. The van der Waals surface area contributed by atoms with Crippen LogP contribution >= 0.6 is 0 Å². The SMILES string of the molecule is Cc1oc2c(C)c3oc(=O)cc(C)c3cc2c1/C=C/C=O. The molecule has 0 fully saturated rings. The molecule has 2 heterocycles. The summed E-state index contributed by atoms with van der Waals surface area (Å²) >= 11 is 0. The lowest BCUT2D eigenvalue weighted by Crippen LogP contribution is -1.99. The van der Waals surface area contributed by atoms with Crippen molar-refractivity contribution >= 4 is 34.3 Å². The van der Waals surface area contributed by atoms with Crippen molar-refractivity contribution in [2.45, 2.75) is 20.8 Å². The van der Waals surface area contributed by atoms with E-state index in [1.165, 1.54) is 12.1 Å². The van der Waals surface area contributed by atoms with Crippen molar-refractivity contribution < 1.29 is 13.6 Å². The van der Waals surface area contributed by atoms with Gasteiger partial charge >= 0.3 is 5.63 Å². The molecule has 0 saturated heterocycles. The van der Waals surface area contributed by atoms with Crippen LogP contribution in [0.4, 0.5) is 0 Å². The van der Waals surface area contributed by atoms with Gasteiger partial charge in [0, 0.05) is 28.0 Å². The van der Waals surface area contributed by atoms with Gasteiger partial charge in [-0.25, -0.2) is 4.79 Å². The molecule has 3 aromatic rings. The van der Waals surface area contributed by atoms with Gasteiger partial charge in [0.05, 0.1) is 0 Å². The Bertz CT molecular complexity index is 954. The molecule has 4 heteroatoms. The Hall–Kier alpha value is -2.62. The second-order valence-electron chi connectivity index (χ2n) is 5.07. The smallest absolute Gasteiger partial charge is 0.336 e. The number of hydrogen-bond acceptors (Lipinski definition) is 4. The second kappa shape index (κ2) is 4.74. The Morgan fingerprint density at radius 2 is 1.71 bits per heavy atom. The molecule has 106 valence electrons. The van der Waals surface area contributed by atoms with Crippen LogP contribution in [-0.4, -0.2) is 6.29 Å². The van der Waals surface area contributed by atoms with E-state index in [0.29, 0.717) is 11.2 Å². The number of rotatable bonds is 2. The standard InChI is InChI=1S/C17H14O4/c1-9-7-15(19)21-16-10(2)17-14(8-13(9)16)12(5-4-6-18)11(3)20-17/h4-8H,1-3H3/b5-4+. The first kappa shape index (κ1) is 13.4. The Labute approximate surface area is 120 Å². The summed E-state index contributed by atoms with van der Waals surface area (Å²) in [6.07, 6.45) is 3.90. The third-order valence-corrected chi connectivity index (χ3v) is 3.69. The monoisotopic (exact) mass is 282 g/mol. The number of furan rings is 1. The van der Waals surface area contributed by atoms with E-state index < -0.39 is 0 Å². The highest BCUT2D eigenvalue weighted by Crippen LogP contribution is 2.34. The molecule has 1 aromatic carbocycles. The summed E-state index contributed by atoms with van der Waals surface area (Å²) in [7, 11) is 0. The van der Waals surface area contributed by atoms with Crippen LogP contribution < -0.4 is 5.63 Å². The number of aldehydes is 1. The minimum absolute atomic E-state index is 0.369. The summed E-state index contributed by atoms with van der Waals surface area (Å²) < 4.78 is 11.1. The number of carbonyl (C=O) groups is 1. The molecule has 21 heavy (non-hydrogen) atoms. The van der Waals surface area contributed by atoms with Gasteiger partial charge in [0.1, 0.15) is 23.2 Å². The van der Waals surface area contributed by atoms with E-state index in [1.54, 1.807) is 6.08 Å². The van der Waals surface area contributed by atoms with Gasteiger partial charge in [-0.1, -0.05) is 0 Å². The molecule has 0 spiro atoms. The largest absolute Gasteiger partial charge is 0.460 e. The summed E-state index contributed by atoms with van der Waals surface area (Å²) in [5.74, 6) is 0.724. The highest BCUT2D eigenvalue weighted by molar-refractivity contribution is 6.02. The number of hydrogen-bond donors (Lipinski definition) is 0. The Morgan fingerprint density at radius 3 is 2.43 bits per heavy atom. The molecule has 0 atom stereocenters. The Kier molecular flexibility index (Phi) is 3.01. The molecule has 0 radical (unpaired) electrons. The maximum Gasteiger partial charge on any atom is 0.336 e. The topological polar surface area (TPSA) is 60.4 Å². The van der Waals surface area contributed by atoms with Gasteiger partial charge in [-0.3, -0.25) is 4.79 Å². The molecule has 3 rings (SSSR count). The average molecular weight is 282 g/mol. The summed E-state index contributed by atoms with van der Waals surface area (Å²) in [5.41, 5.74) is 3.37. The van der Waals surface area contributed by atoms with Crippen molar-refractivity contribution in [3.63, 3.8) is 0 Å². The number of carbonyl (C=O) groups excluding carboxylic acids is 1. The first-order valence-electron chi connectivity index (χ1n) is 6.62. The van der Waals surface area contributed by atoms with Crippen LogP contribution in [0.25, 0.3) is 28.0 Å². The quantitative estimate of drug-likeness (QED) is 0.408. The van der Waals surface area contributed by atoms with Crippen molar-refractivity contribution in [3.05, 3.63) is 51.1 Å². The van der Waals surface area contributed by atoms with Crippen LogP contribution in [0.15, 0.2) is 31.8 Å². The summed E-state index contributed by atoms with van der Waals surface area (Å²) in [6.45, 7) is 5.58. The maximum atomic E-state index is 11.6. The zero-order valence-corrected chi connectivity index (χ0v) is 12.0. The third kappa shape index (κ3) is 2.00. The van der Waals surface area contributed by atoms with Gasteiger partial charge in [-0.05, 0) is 44.6 Å². The fourth-order valence-corrected chi connectivity index (χ4v) is 2.66. The molecule has 2 aromatic heterocycles. The van der Waals surface area contributed by atoms with Crippen LogP contribution in [0, 0.1) is 20.8 Å². The van der Waals surface area contributed by atoms with Crippen molar-refractivity contribution in [1.29, 1.82) is 0 Å². The minimum atomic E-state index is -0.369. The van der Waals surface area contributed by atoms with Crippen LogP contribution in [0.3, 0.4) is 0 Å². The lowest BCUT2D eigenvalue weighted by atomic mass is 10.0. The lowest BCUT2D eigenvalue weighted by Gasteiger charge is -2.04.